The number of aliphatic hydroxyl groups is 1. The van der Waals surface area contributed by atoms with E-state index < -0.39 is 12.6 Å². The smallest absolute Gasteiger partial charge is 0.390 e. The van der Waals surface area contributed by atoms with Gasteiger partial charge in [0, 0.05) is 32.2 Å². The minimum absolute atomic E-state index is 0.0694. The Labute approximate surface area is 69.0 Å². The summed E-state index contributed by atoms with van der Waals surface area (Å²) in [7, 11) is 0. The van der Waals surface area contributed by atoms with Crippen molar-refractivity contribution in [3.8, 4) is 0 Å². The first-order valence-electron chi connectivity index (χ1n) is 3.91. The molecule has 0 spiro atoms. The molecule has 2 nitrogen and oxygen atoms in total. The Morgan fingerprint density at radius 2 is 1.92 bits per heavy atom. The van der Waals surface area contributed by atoms with E-state index in [2.05, 4.69) is 0 Å². The molecule has 72 valence electrons. The van der Waals surface area contributed by atoms with E-state index in [0.717, 1.165) is 0 Å². The quantitative estimate of drug-likeness (QED) is 0.701. The first kappa shape index (κ1) is 9.80. The van der Waals surface area contributed by atoms with Crippen LogP contribution in [-0.4, -0.2) is 42.4 Å². The van der Waals surface area contributed by atoms with Crippen molar-refractivity contribution in [3.63, 3.8) is 0 Å². The second kappa shape index (κ2) is 3.62. The maximum absolute atomic E-state index is 11.7. The van der Waals surface area contributed by atoms with Crippen molar-refractivity contribution < 1.29 is 18.3 Å². The molecule has 0 amide bonds. The molecule has 1 aliphatic rings. The van der Waals surface area contributed by atoms with Crippen molar-refractivity contribution in [1.29, 1.82) is 0 Å². The lowest BCUT2D eigenvalue weighted by Gasteiger charge is -2.38. The summed E-state index contributed by atoms with van der Waals surface area (Å²) in [5.74, 6) is 0.193. The van der Waals surface area contributed by atoms with E-state index in [-0.39, 0.29) is 19.1 Å². The Hall–Kier alpha value is -0.290. The molecule has 1 aliphatic heterocycles. The Morgan fingerprint density at radius 1 is 1.33 bits per heavy atom. The highest BCUT2D eigenvalue weighted by Crippen LogP contribution is 2.22. The summed E-state index contributed by atoms with van der Waals surface area (Å²) in [6.07, 6.45) is -4.80. The largest absolute Gasteiger partial charge is 0.396 e. The second-order valence-corrected chi connectivity index (χ2v) is 3.17. The van der Waals surface area contributed by atoms with Crippen molar-refractivity contribution in [2.24, 2.45) is 5.92 Å². The van der Waals surface area contributed by atoms with Crippen LogP contribution in [-0.2, 0) is 0 Å². The molecule has 0 aliphatic carbocycles. The molecule has 0 bridgehead atoms. The molecule has 0 aromatic heterocycles. The monoisotopic (exact) mass is 183 g/mol. The SMILES string of the molecule is OCC1CN(CCC(F)(F)F)C1. The highest BCUT2D eigenvalue weighted by molar-refractivity contribution is 4.79. The first-order valence-corrected chi connectivity index (χ1v) is 3.91. The molecular formula is C7H12F3NO. The second-order valence-electron chi connectivity index (χ2n) is 3.17. The first-order chi connectivity index (χ1) is 5.51. The van der Waals surface area contributed by atoms with Crippen molar-refractivity contribution >= 4 is 0 Å². The van der Waals surface area contributed by atoms with Gasteiger partial charge in [-0.15, -0.1) is 0 Å². The summed E-state index contributed by atoms with van der Waals surface area (Å²) in [6, 6.07) is 0. The average Bonchev–Trinajstić information content (AvgIpc) is 1.82. The molecule has 0 unspecified atom stereocenters. The predicted octanol–water partition coefficient (Wildman–Crippen LogP) is 0.863. The summed E-state index contributed by atoms with van der Waals surface area (Å²) in [4.78, 5) is 1.70. The van der Waals surface area contributed by atoms with Crippen LogP contribution in [0, 0.1) is 5.92 Å². The van der Waals surface area contributed by atoms with Gasteiger partial charge in [-0.25, -0.2) is 0 Å². The van der Waals surface area contributed by atoms with Crippen LogP contribution < -0.4 is 0 Å². The van der Waals surface area contributed by atoms with Gasteiger partial charge in [0.05, 0.1) is 6.42 Å². The third kappa shape index (κ3) is 2.98. The zero-order chi connectivity index (χ0) is 9.19. The van der Waals surface area contributed by atoms with E-state index in [9.17, 15) is 13.2 Å². The lowest BCUT2D eigenvalue weighted by Crippen LogP contribution is -2.49. The predicted molar refractivity (Wildman–Crippen MR) is 37.7 cm³/mol. The van der Waals surface area contributed by atoms with Gasteiger partial charge >= 0.3 is 6.18 Å². The normalized spacial score (nSPS) is 21.0. The highest BCUT2D eigenvalue weighted by atomic mass is 19.4. The van der Waals surface area contributed by atoms with Gasteiger partial charge in [0.15, 0.2) is 0 Å². The number of aliphatic hydroxyl groups excluding tert-OH is 1. The fourth-order valence-corrected chi connectivity index (χ4v) is 1.26. The van der Waals surface area contributed by atoms with E-state index in [4.69, 9.17) is 5.11 Å². The molecule has 1 rings (SSSR count). The highest BCUT2D eigenvalue weighted by Gasteiger charge is 2.31. The van der Waals surface area contributed by atoms with Gasteiger partial charge in [-0.1, -0.05) is 0 Å². The number of halogens is 3. The number of alkyl halides is 3. The number of nitrogens with zero attached hydrogens (tertiary/aromatic N) is 1. The summed E-state index contributed by atoms with van der Waals surface area (Å²) >= 11 is 0. The molecule has 5 heteroatoms. The molecule has 1 N–H and O–H groups in total. The lowest BCUT2D eigenvalue weighted by atomic mass is 10.0. The van der Waals surface area contributed by atoms with Crippen molar-refractivity contribution in [2.75, 3.05) is 26.2 Å². The maximum atomic E-state index is 11.7. The van der Waals surface area contributed by atoms with Crippen LogP contribution in [0.5, 0.6) is 0 Å². The van der Waals surface area contributed by atoms with Crippen LogP contribution in [0.4, 0.5) is 13.2 Å². The average molecular weight is 183 g/mol. The molecular weight excluding hydrogens is 171 g/mol. The zero-order valence-corrected chi connectivity index (χ0v) is 6.64. The fourth-order valence-electron chi connectivity index (χ4n) is 1.26. The van der Waals surface area contributed by atoms with E-state index in [1.807, 2.05) is 0 Å². The summed E-state index contributed by atoms with van der Waals surface area (Å²) < 4.78 is 35.0. The topological polar surface area (TPSA) is 23.5 Å². The summed E-state index contributed by atoms with van der Waals surface area (Å²) in [5, 5.41) is 8.58. The van der Waals surface area contributed by atoms with E-state index >= 15 is 0 Å². The molecule has 1 fully saturated rings. The van der Waals surface area contributed by atoms with Gasteiger partial charge in [-0.3, -0.25) is 0 Å². The van der Waals surface area contributed by atoms with Gasteiger partial charge < -0.3 is 10.0 Å². The van der Waals surface area contributed by atoms with Gasteiger partial charge in [0.1, 0.15) is 0 Å². The number of likely N-dealkylation sites (tertiary alicyclic amines) is 1. The standard InChI is InChI=1S/C7H12F3NO/c8-7(9,10)1-2-11-3-6(4-11)5-12/h6,12H,1-5H2. The van der Waals surface area contributed by atoms with Crippen molar-refractivity contribution in [2.45, 2.75) is 12.6 Å². The van der Waals surface area contributed by atoms with Crippen LogP contribution in [0.3, 0.4) is 0 Å². The Balaban J connectivity index is 2.04. The van der Waals surface area contributed by atoms with Crippen LogP contribution >= 0.6 is 0 Å². The van der Waals surface area contributed by atoms with Crippen LogP contribution in [0.1, 0.15) is 6.42 Å². The van der Waals surface area contributed by atoms with E-state index in [1.54, 1.807) is 4.90 Å². The van der Waals surface area contributed by atoms with E-state index in [0.29, 0.717) is 13.1 Å². The van der Waals surface area contributed by atoms with Gasteiger partial charge in [-0.05, 0) is 0 Å². The number of hydrogen-bond donors (Lipinski definition) is 1. The molecule has 0 radical (unpaired) electrons. The van der Waals surface area contributed by atoms with Crippen LogP contribution in [0.15, 0.2) is 0 Å². The minimum Gasteiger partial charge on any atom is -0.396 e. The molecule has 0 aromatic rings. The number of rotatable bonds is 3. The van der Waals surface area contributed by atoms with Gasteiger partial charge in [0.2, 0.25) is 0 Å². The van der Waals surface area contributed by atoms with Gasteiger partial charge in [-0.2, -0.15) is 13.2 Å². The third-order valence-corrected chi connectivity index (χ3v) is 2.00. The maximum Gasteiger partial charge on any atom is 0.390 e. The molecule has 0 atom stereocenters. The van der Waals surface area contributed by atoms with Crippen LogP contribution in [0.25, 0.3) is 0 Å². The van der Waals surface area contributed by atoms with Crippen molar-refractivity contribution in [3.05, 3.63) is 0 Å². The van der Waals surface area contributed by atoms with E-state index in [1.165, 1.54) is 0 Å². The lowest BCUT2D eigenvalue weighted by molar-refractivity contribution is -0.141. The summed E-state index contributed by atoms with van der Waals surface area (Å²) in [6.45, 7) is 1.36. The molecule has 1 saturated heterocycles. The Morgan fingerprint density at radius 3 is 2.33 bits per heavy atom. The number of hydrogen-bond acceptors (Lipinski definition) is 2. The molecule has 0 aromatic carbocycles. The van der Waals surface area contributed by atoms with Gasteiger partial charge in [0.25, 0.3) is 0 Å². The molecule has 1 heterocycles. The van der Waals surface area contributed by atoms with Crippen molar-refractivity contribution in [1.82, 2.24) is 4.90 Å². The molecule has 0 saturated carbocycles. The third-order valence-electron chi connectivity index (χ3n) is 2.00. The Bertz CT molecular complexity index is 142. The zero-order valence-electron chi connectivity index (χ0n) is 6.64. The Kier molecular flexibility index (Phi) is 2.95. The fraction of sp³-hybridized carbons (Fsp3) is 1.00. The minimum atomic E-state index is -4.05. The summed E-state index contributed by atoms with van der Waals surface area (Å²) in [5.41, 5.74) is 0. The molecule has 12 heavy (non-hydrogen) atoms. The van der Waals surface area contributed by atoms with Crippen LogP contribution in [0.2, 0.25) is 0 Å².